The number of carbonyl (C=O) groups is 2. The van der Waals surface area contributed by atoms with Crippen molar-refractivity contribution in [1.29, 1.82) is 0 Å². The molecule has 0 aromatic heterocycles. The van der Waals surface area contributed by atoms with Gasteiger partial charge in [-0.15, -0.1) is 6.58 Å². The number of ether oxygens (including phenoxy) is 2. The number of carboxylic acids is 1. The maximum absolute atomic E-state index is 12.1. The van der Waals surface area contributed by atoms with Gasteiger partial charge in [0.2, 0.25) is 5.91 Å². The van der Waals surface area contributed by atoms with Crippen molar-refractivity contribution in [2.75, 3.05) is 20.1 Å². The second-order valence-corrected chi connectivity index (χ2v) is 10.7. The summed E-state index contributed by atoms with van der Waals surface area (Å²) in [5.74, 6) is -1.05. The number of aliphatic hydroxyl groups excluding tert-OH is 1. The minimum absolute atomic E-state index is 0.00496. The largest absolute Gasteiger partial charge is 0.481 e. The monoisotopic (exact) mass is 572 g/mol. The molecule has 3 N–H and O–H groups in total. The van der Waals surface area contributed by atoms with Crippen LogP contribution in [0.25, 0.3) is 11.1 Å². The highest BCUT2D eigenvalue weighted by atomic mass is 16.7. The second-order valence-electron chi connectivity index (χ2n) is 10.7. The third-order valence-corrected chi connectivity index (χ3v) is 7.30. The zero-order valence-corrected chi connectivity index (χ0v) is 24.1. The molecule has 3 aromatic rings. The summed E-state index contributed by atoms with van der Waals surface area (Å²) in [6.07, 6.45) is 2.40. The first-order valence-electron chi connectivity index (χ1n) is 14.3. The van der Waals surface area contributed by atoms with Gasteiger partial charge in [-0.1, -0.05) is 72.8 Å². The number of aliphatic hydroxyl groups is 1. The summed E-state index contributed by atoms with van der Waals surface area (Å²) in [5, 5.41) is 21.0. The van der Waals surface area contributed by atoms with Crippen molar-refractivity contribution in [3.63, 3.8) is 0 Å². The van der Waals surface area contributed by atoms with Gasteiger partial charge >= 0.3 is 5.97 Å². The van der Waals surface area contributed by atoms with Crippen molar-refractivity contribution in [2.45, 2.75) is 57.3 Å². The Kier molecular flexibility index (Phi) is 11.4. The van der Waals surface area contributed by atoms with Gasteiger partial charge in [0.15, 0.2) is 6.29 Å². The summed E-state index contributed by atoms with van der Waals surface area (Å²) < 4.78 is 12.9. The van der Waals surface area contributed by atoms with E-state index in [-0.39, 0.29) is 37.6 Å². The molecular formula is C34H40N2O6. The van der Waals surface area contributed by atoms with Gasteiger partial charge < -0.3 is 29.9 Å². The van der Waals surface area contributed by atoms with E-state index >= 15 is 0 Å². The van der Waals surface area contributed by atoms with Crippen LogP contribution in [0.3, 0.4) is 0 Å². The molecule has 42 heavy (non-hydrogen) atoms. The number of benzene rings is 3. The molecule has 1 aliphatic rings. The molecule has 3 atom stereocenters. The molecule has 8 heteroatoms. The Balaban J connectivity index is 1.44. The molecule has 1 aliphatic heterocycles. The molecule has 222 valence electrons. The Bertz CT molecular complexity index is 1320. The van der Waals surface area contributed by atoms with Crippen LogP contribution < -0.4 is 5.32 Å². The zero-order valence-electron chi connectivity index (χ0n) is 24.1. The number of hydrogen-bond donors (Lipinski definition) is 3. The fourth-order valence-corrected chi connectivity index (χ4v) is 5.06. The number of nitrogens with zero attached hydrogens (tertiary/aromatic N) is 1. The highest BCUT2D eigenvalue weighted by Gasteiger charge is 2.32. The molecule has 4 rings (SSSR count). The predicted molar refractivity (Wildman–Crippen MR) is 161 cm³/mol. The molecule has 1 heterocycles. The number of aliphatic carboxylic acids is 1. The van der Waals surface area contributed by atoms with Crippen molar-refractivity contribution < 1.29 is 29.3 Å². The van der Waals surface area contributed by atoms with Gasteiger partial charge in [0.25, 0.3) is 0 Å². The highest BCUT2D eigenvalue weighted by molar-refractivity contribution is 5.76. The first-order valence-corrected chi connectivity index (χ1v) is 14.3. The average molecular weight is 573 g/mol. The van der Waals surface area contributed by atoms with Gasteiger partial charge in [0.05, 0.1) is 18.8 Å². The summed E-state index contributed by atoms with van der Waals surface area (Å²) in [6.45, 7) is 5.74. The quantitative estimate of drug-likeness (QED) is 0.223. The van der Waals surface area contributed by atoms with Crippen molar-refractivity contribution in [1.82, 2.24) is 10.2 Å². The van der Waals surface area contributed by atoms with Crippen LogP contribution in [0.5, 0.6) is 0 Å². The summed E-state index contributed by atoms with van der Waals surface area (Å²) in [4.78, 5) is 24.9. The van der Waals surface area contributed by atoms with Gasteiger partial charge in [-0.2, -0.15) is 0 Å². The van der Waals surface area contributed by atoms with Gasteiger partial charge in [-0.3, -0.25) is 9.59 Å². The molecule has 0 aliphatic carbocycles. The van der Waals surface area contributed by atoms with Crippen LogP contribution >= 0.6 is 0 Å². The van der Waals surface area contributed by atoms with E-state index in [9.17, 15) is 14.7 Å². The van der Waals surface area contributed by atoms with Crippen molar-refractivity contribution in [3.05, 3.63) is 108 Å². The Morgan fingerprint density at radius 3 is 2.40 bits per heavy atom. The van der Waals surface area contributed by atoms with Gasteiger partial charge in [-0.25, -0.2) is 0 Å². The van der Waals surface area contributed by atoms with E-state index in [0.717, 1.165) is 52.9 Å². The summed E-state index contributed by atoms with van der Waals surface area (Å²) in [5.41, 5.74) is 5.86. The molecule has 0 saturated carbocycles. The van der Waals surface area contributed by atoms with Crippen LogP contribution in [0, 0.1) is 0 Å². The number of carbonyl (C=O) groups excluding carboxylic acids is 1. The topological polar surface area (TPSA) is 108 Å². The van der Waals surface area contributed by atoms with Crippen molar-refractivity contribution >= 4 is 11.9 Å². The van der Waals surface area contributed by atoms with Crippen LogP contribution in [-0.4, -0.2) is 53.2 Å². The van der Waals surface area contributed by atoms with E-state index in [2.05, 4.69) is 16.8 Å². The first-order chi connectivity index (χ1) is 20.3. The molecule has 3 unspecified atom stereocenters. The normalized spacial score (nSPS) is 18.5. The maximum atomic E-state index is 12.1. The molecule has 1 saturated heterocycles. The summed E-state index contributed by atoms with van der Waals surface area (Å²) >= 11 is 0. The Labute approximate surface area is 247 Å². The highest BCUT2D eigenvalue weighted by Crippen LogP contribution is 2.38. The number of carboxylic acid groups (broad SMARTS) is 1. The van der Waals surface area contributed by atoms with Crippen molar-refractivity contribution in [2.24, 2.45) is 0 Å². The van der Waals surface area contributed by atoms with Gasteiger partial charge in [0, 0.05) is 44.5 Å². The van der Waals surface area contributed by atoms with Crippen LogP contribution in [0.4, 0.5) is 0 Å². The summed E-state index contributed by atoms with van der Waals surface area (Å²) in [6, 6.07) is 24.0. The van der Waals surface area contributed by atoms with Crippen LogP contribution in [0.15, 0.2) is 85.5 Å². The van der Waals surface area contributed by atoms with E-state index < -0.39 is 12.3 Å². The molecule has 0 radical (unpaired) electrons. The molecule has 3 aromatic carbocycles. The van der Waals surface area contributed by atoms with E-state index in [1.54, 1.807) is 0 Å². The lowest BCUT2D eigenvalue weighted by Crippen LogP contribution is -2.37. The number of hydrogen-bond acceptors (Lipinski definition) is 6. The number of likely N-dealkylation sites (N-methyl/N-ethyl adjacent to an activating group) is 1. The van der Waals surface area contributed by atoms with E-state index in [0.29, 0.717) is 13.0 Å². The van der Waals surface area contributed by atoms with Crippen LogP contribution in [0.1, 0.15) is 60.3 Å². The smallest absolute Gasteiger partial charge is 0.303 e. The minimum Gasteiger partial charge on any atom is -0.481 e. The first kappa shape index (κ1) is 31.1. The van der Waals surface area contributed by atoms with Crippen LogP contribution in [-0.2, 0) is 32.2 Å². The Morgan fingerprint density at radius 1 is 0.976 bits per heavy atom. The number of nitrogens with one attached hydrogen (secondary N) is 1. The molecular weight excluding hydrogens is 532 g/mol. The molecule has 8 nitrogen and oxygen atoms in total. The zero-order chi connectivity index (χ0) is 29.9. The third-order valence-electron chi connectivity index (χ3n) is 7.30. The Morgan fingerprint density at radius 2 is 1.71 bits per heavy atom. The van der Waals surface area contributed by atoms with E-state index in [1.165, 1.54) is 0 Å². The van der Waals surface area contributed by atoms with E-state index in [4.69, 9.17) is 14.6 Å². The fourth-order valence-electron chi connectivity index (χ4n) is 5.06. The van der Waals surface area contributed by atoms with Crippen molar-refractivity contribution in [3.8, 4) is 11.1 Å². The molecule has 0 bridgehead atoms. The van der Waals surface area contributed by atoms with Gasteiger partial charge in [-0.05, 0) is 47.4 Å². The predicted octanol–water partition coefficient (Wildman–Crippen LogP) is 5.38. The Hall–Kier alpha value is -3.82. The molecule has 1 fully saturated rings. The van der Waals surface area contributed by atoms with E-state index in [1.807, 2.05) is 85.9 Å². The third kappa shape index (κ3) is 9.09. The lowest BCUT2D eigenvalue weighted by molar-refractivity contribution is -0.252. The standard InChI is InChI=1S/C34H40N2O6/c1-3-18-36(2)22-30-20-31(27-12-10-24(23-37)11-13-27)42-34(41-30)28-16-14-26(15-17-28)29-7-4-6-25(19-29)21-35-32(38)8-5-9-33(39)40/h3-4,6-7,10-17,19,30-31,34,37H,1,5,8-9,18,20-23H2,2H3,(H,35,38)(H,39,40). The minimum atomic E-state index is -0.896. The number of amides is 1. The number of rotatable bonds is 14. The average Bonchev–Trinajstić information content (AvgIpc) is 3.00. The molecule has 1 amide bonds. The summed E-state index contributed by atoms with van der Waals surface area (Å²) in [7, 11) is 2.05. The van der Waals surface area contributed by atoms with Gasteiger partial charge in [0.1, 0.15) is 0 Å². The second kappa shape index (κ2) is 15.4. The van der Waals surface area contributed by atoms with Crippen LogP contribution in [0.2, 0.25) is 0 Å². The SMILES string of the molecule is C=CCN(C)CC1CC(c2ccc(CO)cc2)OC(c2ccc(-c3cccc(CNC(=O)CCCC(=O)O)c3)cc2)O1. The molecule has 0 spiro atoms. The lowest BCUT2D eigenvalue weighted by Gasteiger charge is -2.37. The fraction of sp³-hybridized carbons (Fsp3) is 0.353. The maximum Gasteiger partial charge on any atom is 0.303 e. The lowest BCUT2D eigenvalue weighted by atomic mass is 9.99.